The zero-order valence-corrected chi connectivity index (χ0v) is 12.7. The molecule has 0 aromatic rings. The van der Waals surface area contributed by atoms with Gasteiger partial charge in [0.05, 0.1) is 0 Å². The van der Waals surface area contributed by atoms with Crippen LogP contribution in [0.5, 0.6) is 0 Å². The molecule has 7 heteroatoms. The average Bonchev–Trinajstić information content (AvgIpc) is 2.56. The van der Waals surface area contributed by atoms with Gasteiger partial charge in [0, 0.05) is 39.1 Å². The smallest absolute Gasteiger partial charge is 0.279 e. The molecule has 19 heavy (non-hydrogen) atoms. The maximum absolute atomic E-state index is 11.9. The van der Waals surface area contributed by atoms with Gasteiger partial charge in [-0.05, 0) is 12.8 Å². The molecule has 1 saturated heterocycles. The Morgan fingerprint density at radius 2 is 1.89 bits per heavy atom. The van der Waals surface area contributed by atoms with Gasteiger partial charge >= 0.3 is 0 Å². The number of hydrogen-bond donors (Lipinski definition) is 1. The quantitative estimate of drug-likeness (QED) is 0.745. The zero-order valence-electron chi connectivity index (χ0n) is 11.9. The van der Waals surface area contributed by atoms with Crippen LogP contribution in [0.15, 0.2) is 0 Å². The van der Waals surface area contributed by atoms with Crippen LogP contribution in [0.4, 0.5) is 0 Å². The molecular weight excluding hydrogens is 266 g/mol. The van der Waals surface area contributed by atoms with E-state index in [0.717, 1.165) is 25.8 Å². The Bertz CT molecular complexity index is 380. The Morgan fingerprint density at radius 3 is 2.53 bits per heavy atom. The Balaban J connectivity index is 2.42. The Morgan fingerprint density at radius 1 is 1.21 bits per heavy atom. The summed E-state index contributed by atoms with van der Waals surface area (Å²) >= 11 is 0. The highest BCUT2D eigenvalue weighted by Crippen LogP contribution is 2.10. The van der Waals surface area contributed by atoms with Gasteiger partial charge in [0.1, 0.15) is 0 Å². The van der Waals surface area contributed by atoms with Gasteiger partial charge in [-0.25, -0.2) is 4.72 Å². The number of likely N-dealkylation sites (tertiary alicyclic amines) is 1. The highest BCUT2D eigenvalue weighted by atomic mass is 32.2. The number of rotatable bonds is 7. The molecule has 1 rings (SSSR count). The molecule has 1 amide bonds. The van der Waals surface area contributed by atoms with Crippen molar-refractivity contribution >= 4 is 16.1 Å². The molecule has 0 unspecified atom stereocenters. The number of nitrogens with zero attached hydrogens (tertiary/aromatic N) is 2. The van der Waals surface area contributed by atoms with Crippen LogP contribution in [0.25, 0.3) is 0 Å². The van der Waals surface area contributed by atoms with Crippen molar-refractivity contribution in [1.82, 2.24) is 13.9 Å². The molecule has 0 aliphatic carbocycles. The standard InChI is InChI=1S/C12H25N3O3S/c1-3-15(4-2)19(17,18)13-9-11-14-10-7-5-6-8-12(14)16/h13H,3-11H2,1-2H3. The summed E-state index contributed by atoms with van der Waals surface area (Å²) < 4.78 is 27.7. The maximum atomic E-state index is 11.9. The van der Waals surface area contributed by atoms with Crippen molar-refractivity contribution in [3.05, 3.63) is 0 Å². The van der Waals surface area contributed by atoms with Gasteiger partial charge < -0.3 is 4.90 Å². The van der Waals surface area contributed by atoms with Crippen molar-refractivity contribution in [2.45, 2.75) is 39.5 Å². The van der Waals surface area contributed by atoms with Crippen LogP contribution < -0.4 is 4.72 Å². The molecule has 0 aromatic heterocycles. The summed E-state index contributed by atoms with van der Waals surface area (Å²) in [6, 6.07) is 0. The molecule has 1 fully saturated rings. The van der Waals surface area contributed by atoms with E-state index in [4.69, 9.17) is 0 Å². The Kier molecular flexibility index (Phi) is 6.74. The predicted octanol–water partition coefficient (Wildman–Crippen LogP) is 0.565. The van der Waals surface area contributed by atoms with Crippen LogP contribution in [0.3, 0.4) is 0 Å². The van der Waals surface area contributed by atoms with Crippen LogP contribution in [0.1, 0.15) is 39.5 Å². The summed E-state index contributed by atoms with van der Waals surface area (Å²) in [5.74, 6) is 0.138. The first-order valence-corrected chi connectivity index (χ1v) is 8.47. The van der Waals surface area contributed by atoms with Crippen molar-refractivity contribution in [2.24, 2.45) is 0 Å². The Labute approximate surface area is 116 Å². The summed E-state index contributed by atoms with van der Waals surface area (Å²) in [5.41, 5.74) is 0. The van der Waals surface area contributed by atoms with E-state index in [2.05, 4.69) is 4.72 Å². The third kappa shape index (κ3) is 5.08. The normalized spacial score (nSPS) is 17.8. The van der Waals surface area contributed by atoms with Crippen molar-refractivity contribution in [3.8, 4) is 0 Å². The van der Waals surface area contributed by atoms with Crippen LogP contribution in [-0.4, -0.2) is 56.3 Å². The fourth-order valence-corrected chi connectivity index (χ4v) is 3.45. The highest BCUT2D eigenvalue weighted by molar-refractivity contribution is 7.87. The van der Waals surface area contributed by atoms with Crippen molar-refractivity contribution in [2.75, 3.05) is 32.7 Å². The average molecular weight is 291 g/mol. The lowest BCUT2D eigenvalue weighted by atomic mass is 10.2. The lowest BCUT2D eigenvalue weighted by Gasteiger charge is -2.23. The third-order valence-corrected chi connectivity index (χ3v) is 5.15. The summed E-state index contributed by atoms with van der Waals surface area (Å²) in [6.45, 7) is 6.00. The first kappa shape index (κ1) is 16.4. The van der Waals surface area contributed by atoms with Crippen LogP contribution in [0, 0.1) is 0 Å². The van der Waals surface area contributed by atoms with Gasteiger partial charge in [-0.2, -0.15) is 12.7 Å². The molecule has 1 N–H and O–H groups in total. The first-order valence-electron chi connectivity index (χ1n) is 7.03. The first-order chi connectivity index (χ1) is 9.01. The number of carbonyl (C=O) groups excluding carboxylic acids is 1. The predicted molar refractivity (Wildman–Crippen MR) is 74.9 cm³/mol. The molecule has 0 spiro atoms. The molecule has 0 atom stereocenters. The molecular formula is C12H25N3O3S. The van der Waals surface area contributed by atoms with Gasteiger partial charge in [-0.1, -0.05) is 20.3 Å². The molecule has 0 bridgehead atoms. The van der Waals surface area contributed by atoms with Gasteiger partial charge in [-0.3, -0.25) is 4.79 Å². The second-order valence-electron chi connectivity index (χ2n) is 4.68. The van der Waals surface area contributed by atoms with E-state index in [9.17, 15) is 13.2 Å². The third-order valence-electron chi connectivity index (χ3n) is 3.38. The van der Waals surface area contributed by atoms with Crippen LogP contribution in [0.2, 0.25) is 0 Å². The van der Waals surface area contributed by atoms with E-state index in [1.165, 1.54) is 4.31 Å². The van der Waals surface area contributed by atoms with Gasteiger partial charge in [0.15, 0.2) is 0 Å². The van der Waals surface area contributed by atoms with E-state index in [1.54, 1.807) is 18.7 Å². The van der Waals surface area contributed by atoms with E-state index < -0.39 is 10.2 Å². The summed E-state index contributed by atoms with van der Waals surface area (Å²) in [6.07, 6.45) is 3.62. The minimum absolute atomic E-state index is 0.138. The zero-order chi connectivity index (χ0) is 14.3. The molecule has 0 radical (unpaired) electrons. The van der Waals surface area contributed by atoms with Crippen molar-refractivity contribution in [3.63, 3.8) is 0 Å². The van der Waals surface area contributed by atoms with E-state index in [-0.39, 0.29) is 12.5 Å². The highest BCUT2D eigenvalue weighted by Gasteiger charge is 2.20. The van der Waals surface area contributed by atoms with E-state index in [1.807, 2.05) is 0 Å². The minimum Gasteiger partial charge on any atom is -0.341 e. The van der Waals surface area contributed by atoms with E-state index >= 15 is 0 Å². The second-order valence-corrected chi connectivity index (χ2v) is 6.43. The summed E-state index contributed by atoms with van der Waals surface area (Å²) in [7, 11) is -3.40. The van der Waals surface area contributed by atoms with Crippen LogP contribution >= 0.6 is 0 Å². The SMILES string of the molecule is CCN(CC)S(=O)(=O)NCCN1CCCCCC1=O. The molecule has 0 saturated carbocycles. The molecule has 0 aromatic carbocycles. The second kappa shape index (κ2) is 7.81. The molecule has 6 nitrogen and oxygen atoms in total. The number of carbonyl (C=O) groups is 1. The fraction of sp³-hybridized carbons (Fsp3) is 0.917. The monoisotopic (exact) mass is 291 g/mol. The van der Waals surface area contributed by atoms with Gasteiger partial charge in [0.2, 0.25) is 5.91 Å². The maximum Gasteiger partial charge on any atom is 0.279 e. The molecule has 1 aliphatic heterocycles. The molecule has 1 heterocycles. The molecule has 1 aliphatic rings. The number of amides is 1. The molecule has 112 valence electrons. The van der Waals surface area contributed by atoms with Crippen molar-refractivity contribution in [1.29, 1.82) is 0 Å². The van der Waals surface area contributed by atoms with Gasteiger partial charge in [-0.15, -0.1) is 0 Å². The fourth-order valence-electron chi connectivity index (χ4n) is 2.24. The summed E-state index contributed by atoms with van der Waals surface area (Å²) in [5, 5.41) is 0. The van der Waals surface area contributed by atoms with Crippen molar-refractivity contribution < 1.29 is 13.2 Å². The van der Waals surface area contributed by atoms with Gasteiger partial charge in [0.25, 0.3) is 10.2 Å². The van der Waals surface area contributed by atoms with Crippen LogP contribution in [-0.2, 0) is 15.0 Å². The Hall–Kier alpha value is -0.660. The minimum atomic E-state index is -3.40. The number of nitrogens with one attached hydrogen (secondary N) is 1. The topological polar surface area (TPSA) is 69.7 Å². The lowest BCUT2D eigenvalue weighted by molar-refractivity contribution is -0.130. The summed E-state index contributed by atoms with van der Waals surface area (Å²) in [4.78, 5) is 13.5. The largest absolute Gasteiger partial charge is 0.341 e. The van der Waals surface area contributed by atoms with E-state index in [0.29, 0.717) is 26.1 Å². The lowest BCUT2D eigenvalue weighted by Crippen LogP contribution is -2.44. The number of hydrogen-bond acceptors (Lipinski definition) is 3.